The number of carbonyl (C=O) groups excluding carboxylic acids is 2. The van der Waals surface area contributed by atoms with E-state index in [9.17, 15) is 31.9 Å². The minimum absolute atomic E-state index is 0.265. The number of pyridine rings is 1. The summed E-state index contributed by atoms with van der Waals surface area (Å²) < 4.78 is 53.4. The van der Waals surface area contributed by atoms with Gasteiger partial charge in [0.05, 0.1) is 22.4 Å². The van der Waals surface area contributed by atoms with Gasteiger partial charge in [-0.3, -0.25) is 24.3 Å². The fraction of sp³-hybridized carbons (Fsp3) is 0.133. The van der Waals surface area contributed by atoms with Crippen molar-refractivity contribution < 1.29 is 27.2 Å². The van der Waals surface area contributed by atoms with E-state index in [-0.39, 0.29) is 22.4 Å². The first-order valence-electron chi connectivity index (χ1n) is 6.81. The van der Waals surface area contributed by atoms with Gasteiger partial charge in [-0.25, -0.2) is 4.39 Å². The number of fused-ring (bicyclic) bond motifs is 1. The molecular formula is C15H9F4N3O3. The predicted molar refractivity (Wildman–Crippen MR) is 77.9 cm³/mol. The van der Waals surface area contributed by atoms with Crippen LogP contribution in [0.15, 0.2) is 23.0 Å². The number of rotatable bonds is 1. The monoisotopic (exact) mass is 355 g/mol. The molecule has 1 aromatic carbocycles. The maximum atomic E-state index is 13.8. The van der Waals surface area contributed by atoms with Crippen LogP contribution in [0.1, 0.15) is 31.8 Å². The van der Waals surface area contributed by atoms with Gasteiger partial charge in [-0.1, -0.05) is 0 Å². The normalized spacial score (nSPS) is 13.8. The number of hydrogen-bond acceptors (Lipinski definition) is 4. The Labute approximate surface area is 136 Å². The molecule has 2 amide bonds. The number of hydrogen-bond donors (Lipinski definition) is 2. The summed E-state index contributed by atoms with van der Waals surface area (Å²) in [6.45, 7) is 1.10. The van der Waals surface area contributed by atoms with Gasteiger partial charge in [-0.2, -0.15) is 13.2 Å². The molecule has 0 atom stereocenters. The molecule has 0 fully saturated rings. The second-order valence-corrected chi connectivity index (χ2v) is 5.40. The van der Waals surface area contributed by atoms with E-state index in [1.165, 1.54) is 0 Å². The first-order chi connectivity index (χ1) is 11.5. The zero-order chi connectivity index (χ0) is 18.7. The highest BCUT2D eigenvalue weighted by Crippen LogP contribution is 2.34. The average Bonchev–Trinajstić information content (AvgIpc) is 2.75. The minimum Gasteiger partial charge on any atom is -0.384 e. The third kappa shape index (κ3) is 2.46. The fourth-order valence-electron chi connectivity index (χ4n) is 2.63. The molecule has 0 unspecified atom stereocenters. The van der Waals surface area contributed by atoms with Crippen LogP contribution in [0.5, 0.6) is 0 Å². The second-order valence-electron chi connectivity index (χ2n) is 5.40. The van der Waals surface area contributed by atoms with Gasteiger partial charge in [-0.15, -0.1) is 0 Å². The lowest BCUT2D eigenvalue weighted by atomic mass is 10.1. The molecule has 10 heteroatoms. The lowest BCUT2D eigenvalue weighted by molar-refractivity contribution is -0.140. The van der Waals surface area contributed by atoms with Crippen molar-refractivity contribution in [1.82, 2.24) is 9.88 Å². The van der Waals surface area contributed by atoms with Crippen LogP contribution in [0.4, 0.5) is 23.4 Å². The molecule has 1 aromatic heterocycles. The van der Waals surface area contributed by atoms with Crippen LogP contribution in [-0.2, 0) is 6.18 Å². The van der Waals surface area contributed by atoms with E-state index in [1.807, 2.05) is 5.32 Å². The number of anilines is 1. The molecule has 0 aliphatic carbocycles. The number of carbonyl (C=O) groups is 2. The molecule has 0 spiro atoms. The van der Waals surface area contributed by atoms with Crippen LogP contribution in [0.25, 0.3) is 5.69 Å². The van der Waals surface area contributed by atoms with Crippen LogP contribution in [0.3, 0.4) is 0 Å². The molecule has 0 saturated carbocycles. The van der Waals surface area contributed by atoms with E-state index in [4.69, 9.17) is 5.73 Å². The summed E-state index contributed by atoms with van der Waals surface area (Å²) in [5.74, 6) is -3.69. The SMILES string of the molecule is Cc1cc(-n2c(N)c3c(cc2=O)C(=O)NC3=O)cc(C(F)(F)F)c1F. The van der Waals surface area contributed by atoms with Crippen molar-refractivity contribution in [3.8, 4) is 5.69 Å². The highest BCUT2D eigenvalue weighted by atomic mass is 19.4. The van der Waals surface area contributed by atoms with Crippen LogP contribution in [0, 0.1) is 12.7 Å². The van der Waals surface area contributed by atoms with Gasteiger partial charge in [-0.05, 0) is 24.6 Å². The van der Waals surface area contributed by atoms with E-state index in [1.54, 1.807) is 0 Å². The van der Waals surface area contributed by atoms with Crippen LogP contribution in [0.2, 0.25) is 0 Å². The number of nitrogens with zero attached hydrogens (tertiary/aromatic N) is 1. The van der Waals surface area contributed by atoms with Crippen LogP contribution < -0.4 is 16.6 Å². The average molecular weight is 355 g/mol. The van der Waals surface area contributed by atoms with Gasteiger partial charge < -0.3 is 5.73 Å². The summed E-state index contributed by atoms with van der Waals surface area (Å²) in [6.07, 6.45) is -4.99. The number of nitrogens with two attached hydrogens (primary N) is 1. The highest BCUT2D eigenvalue weighted by Gasteiger charge is 2.36. The maximum absolute atomic E-state index is 13.8. The number of imide groups is 1. The van der Waals surface area contributed by atoms with Crippen molar-refractivity contribution in [1.29, 1.82) is 0 Å². The second kappa shape index (κ2) is 5.16. The molecule has 0 radical (unpaired) electrons. The molecule has 1 aliphatic rings. The van der Waals surface area contributed by atoms with E-state index >= 15 is 0 Å². The minimum atomic E-state index is -4.99. The standard InChI is InChI=1S/C15H9F4N3O3/c1-5-2-6(3-8(11(5)16)15(17,18)19)22-9(23)4-7-10(12(22)20)14(25)21-13(7)24/h2-4H,20H2,1H3,(H,21,24,25). The molecule has 2 heterocycles. The highest BCUT2D eigenvalue weighted by molar-refractivity contribution is 6.23. The molecule has 6 nitrogen and oxygen atoms in total. The third-order valence-corrected chi connectivity index (χ3v) is 3.76. The Morgan fingerprint density at radius 2 is 1.72 bits per heavy atom. The van der Waals surface area contributed by atoms with Crippen molar-refractivity contribution >= 4 is 17.6 Å². The van der Waals surface area contributed by atoms with E-state index in [2.05, 4.69) is 0 Å². The number of aromatic nitrogens is 1. The van der Waals surface area contributed by atoms with E-state index in [0.717, 1.165) is 19.1 Å². The Morgan fingerprint density at radius 3 is 2.32 bits per heavy atom. The summed E-state index contributed by atoms with van der Waals surface area (Å²) in [7, 11) is 0. The molecule has 3 N–H and O–H groups in total. The number of nitrogen functional groups attached to an aromatic ring is 1. The summed E-state index contributed by atoms with van der Waals surface area (Å²) in [5.41, 5.74) is 1.92. The number of nitrogens with one attached hydrogen (secondary N) is 1. The zero-order valence-corrected chi connectivity index (χ0v) is 12.5. The molecule has 0 saturated heterocycles. The number of benzene rings is 1. The van der Waals surface area contributed by atoms with Crippen molar-refractivity contribution in [2.45, 2.75) is 13.1 Å². The zero-order valence-electron chi connectivity index (χ0n) is 12.5. The number of halogens is 4. The fourth-order valence-corrected chi connectivity index (χ4v) is 2.63. The Bertz CT molecular complexity index is 1010. The van der Waals surface area contributed by atoms with E-state index < -0.39 is 40.7 Å². The largest absolute Gasteiger partial charge is 0.419 e. The van der Waals surface area contributed by atoms with Crippen molar-refractivity contribution in [2.75, 3.05) is 5.73 Å². The molecule has 130 valence electrons. The van der Waals surface area contributed by atoms with Gasteiger partial charge in [0.25, 0.3) is 17.4 Å². The lowest BCUT2D eigenvalue weighted by Crippen LogP contribution is -2.25. The molecule has 3 rings (SSSR count). The molecule has 1 aliphatic heterocycles. The van der Waals surface area contributed by atoms with Gasteiger partial charge in [0.15, 0.2) is 0 Å². The van der Waals surface area contributed by atoms with Crippen LogP contribution >= 0.6 is 0 Å². The first-order valence-corrected chi connectivity index (χ1v) is 6.81. The number of alkyl halides is 3. The summed E-state index contributed by atoms with van der Waals surface area (Å²) in [5, 5.41) is 1.94. The predicted octanol–water partition coefficient (Wildman–Crippen LogP) is 1.77. The van der Waals surface area contributed by atoms with Gasteiger partial charge in [0.2, 0.25) is 0 Å². The quantitative estimate of drug-likeness (QED) is 0.602. The van der Waals surface area contributed by atoms with Gasteiger partial charge in [0, 0.05) is 6.07 Å². The molecule has 2 aromatic rings. The smallest absolute Gasteiger partial charge is 0.384 e. The van der Waals surface area contributed by atoms with Gasteiger partial charge >= 0.3 is 6.18 Å². The molecule has 0 bridgehead atoms. The van der Waals surface area contributed by atoms with Crippen molar-refractivity contribution in [2.24, 2.45) is 0 Å². The molecular weight excluding hydrogens is 346 g/mol. The summed E-state index contributed by atoms with van der Waals surface area (Å²) in [6, 6.07) is 2.20. The Kier molecular flexibility index (Phi) is 3.44. The summed E-state index contributed by atoms with van der Waals surface area (Å²) >= 11 is 0. The van der Waals surface area contributed by atoms with Crippen molar-refractivity contribution in [3.05, 3.63) is 56.6 Å². The lowest BCUT2D eigenvalue weighted by Gasteiger charge is -2.16. The summed E-state index contributed by atoms with van der Waals surface area (Å²) in [4.78, 5) is 35.6. The Morgan fingerprint density at radius 1 is 1.08 bits per heavy atom. The van der Waals surface area contributed by atoms with E-state index in [0.29, 0.717) is 10.6 Å². The van der Waals surface area contributed by atoms with Gasteiger partial charge in [0.1, 0.15) is 11.6 Å². The Hall–Kier alpha value is -3.17. The van der Waals surface area contributed by atoms with Crippen LogP contribution in [-0.4, -0.2) is 16.4 Å². The third-order valence-electron chi connectivity index (χ3n) is 3.76. The maximum Gasteiger partial charge on any atom is 0.419 e. The first kappa shape index (κ1) is 16.7. The molecule has 25 heavy (non-hydrogen) atoms. The Balaban J connectivity index is 2.35. The topological polar surface area (TPSA) is 94.2 Å². The number of amides is 2. The number of aryl methyl sites for hydroxylation is 1. The van der Waals surface area contributed by atoms with Crippen molar-refractivity contribution in [3.63, 3.8) is 0 Å².